The van der Waals surface area contributed by atoms with E-state index in [1.165, 1.54) is 0 Å². The fraction of sp³-hybridized carbons (Fsp3) is 0.154. The van der Waals surface area contributed by atoms with Crippen LogP contribution in [0.5, 0.6) is 5.75 Å². The number of aryl methyl sites for hydroxylation is 1. The highest BCUT2D eigenvalue weighted by Gasteiger charge is 2.05. The molecule has 2 aromatic rings. The fourth-order valence-electron chi connectivity index (χ4n) is 1.50. The number of hydrogen-bond donors (Lipinski definition) is 2. The number of halogens is 1. The van der Waals surface area contributed by atoms with Gasteiger partial charge in [-0.1, -0.05) is 12.1 Å². The predicted molar refractivity (Wildman–Crippen MR) is 78.5 cm³/mol. The molecule has 1 aromatic heterocycles. The highest BCUT2D eigenvalue weighted by molar-refractivity contribution is 9.11. The minimum atomic E-state index is 0.0544. The molecule has 1 heterocycles. The summed E-state index contributed by atoms with van der Waals surface area (Å²) in [5.74, 6) is 0.825. The second-order valence-corrected chi connectivity index (χ2v) is 6.44. The van der Waals surface area contributed by atoms with Crippen LogP contribution in [0.15, 0.2) is 34.1 Å². The van der Waals surface area contributed by atoms with Crippen molar-refractivity contribution in [3.63, 3.8) is 0 Å². The molecule has 0 amide bonds. The monoisotopic (exact) mass is 324 g/mol. The van der Waals surface area contributed by atoms with Gasteiger partial charge in [-0.3, -0.25) is 5.41 Å². The van der Waals surface area contributed by atoms with Crippen LogP contribution in [-0.2, 0) is 6.61 Å². The molecule has 18 heavy (non-hydrogen) atoms. The Bertz CT molecular complexity index is 580. The van der Waals surface area contributed by atoms with Crippen molar-refractivity contribution in [3.8, 4) is 5.75 Å². The number of nitrogen functional groups attached to an aromatic ring is 1. The van der Waals surface area contributed by atoms with Gasteiger partial charge in [-0.05, 0) is 46.6 Å². The molecule has 0 aliphatic heterocycles. The van der Waals surface area contributed by atoms with E-state index in [-0.39, 0.29) is 5.84 Å². The van der Waals surface area contributed by atoms with Crippen molar-refractivity contribution < 1.29 is 4.74 Å². The van der Waals surface area contributed by atoms with Crippen LogP contribution in [0.3, 0.4) is 0 Å². The van der Waals surface area contributed by atoms with Crippen molar-refractivity contribution in [3.05, 3.63) is 50.1 Å². The van der Waals surface area contributed by atoms with Gasteiger partial charge in [-0.25, -0.2) is 0 Å². The standard InChI is InChI=1S/C13H13BrN2OS/c1-8-2-3-9(13(15)16)6-11(8)17-7-10-4-5-12(14)18-10/h2-6H,7H2,1H3,(H3,15,16). The lowest BCUT2D eigenvalue weighted by Gasteiger charge is -2.09. The van der Waals surface area contributed by atoms with Crippen molar-refractivity contribution in [1.82, 2.24) is 0 Å². The van der Waals surface area contributed by atoms with E-state index in [1.807, 2.05) is 31.2 Å². The number of nitrogens with one attached hydrogen (secondary N) is 1. The van der Waals surface area contributed by atoms with E-state index in [2.05, 4.69) is 15.9 Å². The SMILES string of the molecule is Cc1ccc(C(=N)N)cc1OCc1ccc(Br)s1. The van der Waals surface area contributed by atoms with E-state index in [0.717, 1.165) is 20.0 Å². The van der Waals surface area contributed by atoms with Crippen LogP contribution in [-0.4, -0.2) is 5.84 Å². The maximum absolute atomic E-state index is 7.42. The Kier molecular flexibility index (Phi) is 4.04. The number of rotatable bonds is 4. The van der Waals surface area contributed by atoms with Crippen molar-refractivity contribution in [2.24, 2.45) is 5.73 Å². The van der Waals surface area contributed by atoms with Gasteiger partial charge in [-0.2, -0.15) is 0 Å². The summed E-state index contributed by atoms with van der Waals surface area (Å²) < 4.78 is 6.86. The van der Waals surface area contributed by atoms with Gasteiger partial charge in [0.1, 0.15) is 18.2 Å². The quantitative estimate of drug-likeness (QED) is 0.665. The third kappa shape index (κ3) is 3.11. The fourth-order valence-corrected chi connectivity index (χ4v) is 2.90. The van der Waals surface area contributed by atoms with Gasteiger partial charge >= 0.3 is 0 Å². The molecule has 0 saturated heterocycles. The molecule has 2 rings (SSSR count). The first-order valence-electron chi connectivity index (χ1n) is 5.38. The van der Waals surface area contributed by atoms with Gasteiger partial charge in [0, 0.05) is 10.4 Å². The van der Waals surface area contributed by atoms with Crippen molar-refractivity contribution in [2.75, 3.05) is 0 Å². The molecule has 3 nitrogen and oxygen atoms in total. The first kappa shape index (κ1) is 13.1. The van der Waals surface area contributed by atoms with Crippen LogP contribution in [0.25, 0.3) is 0 Å². The summed E-state index contributed by atoms with van der Waals surface area (Å²) in [4.78, 5) is 1.15. The summed E-state index contributed by atoms with van der Waals surface area (Å²) in [6.07, 6.45) is 0. The molecule has 0 saturated carbocycles. The molecule has 0 spiro atoms. The zero-order valence-electron chi connectivity index (χ0n) is 9.87. The number of ether oxygens (including phenoxy) is 1. The van der Waals surface area contributed by atoms with Crippen LogP contribution >= 0.6 is 27.3 Å². The number of hydrogen-bond acceptors (Lipinski definition) is 3. The minimum Gasteiger partial charge on any atom is -0.488 e. The first-order chi connectivity index (χ1) is 8.56. The van der Waals surface area contributed by atoms with Gasteiger partial charge in [-0.15, -0.1) is 11.3 Å². The Balaban J connectivity index is 2.13. The largest absolute Gasteiger partial charge is 0.488 e. The Morgan fingerprint density at radius 2 is 2.17 bits per heavy atom. The summed E-state index contributed by atoms with van der Waals surface area (Å²) in [5.41, 5.74) is 7.19. The molecule has 0 atom stereocenters. The zero-order chi connectivity index (χ0) is 13.1. The zero-order valence-corrected chi connectivity index (χ0v) is 12.3. The number of amidine groups is 1. The van der Waals surface area contributed by atoms with Crippen molar-refractivity contribution >= 4 is 33.1 Å². The highest BCUT2D eigenvalue weighted by Crippen LogP contribution is 2.25. The lowest BCUT2D eigenvalue weighted by Crippen LogP contribution is -2.11. The predicted octanol–water partition coefficient (Wildman–Crippen LogP) is 3.68. The smallest absolute Gasteiger partial charge is 0.123 e. The Labute approximate surface area is 118 Å². The Morgan fingerprint density at radius 1 is 1.39 bits per heavy atom. The van der Waals surface area contributed by atoms with Gasteiger partial charge in [0.2, 0.25) is 0 Å². The molecule has 0 aliphatic rings. The van der Waals surface area contributed by atoms with E-state index < -0.39 is 0 Å². The maximum Gasteiger partial charge on any atom is 0.123 e. The summed E-state index contributed by atoms with van der Waals surface area (Å²) in [5, 5.41) is 7.42. The van der Waals surface area contributed by atoms with Crippen LogP contribution in [0.4, 0.5) is 0 Å². The number of nitrogens with two attached hydrogens (primary N) is 1. The van der Waals surface area contributed by atoms with Crippen molar-refractivity contribution in [2.45, 2.75) is 13.5 Å². The molecule has 5 heteroatoms. The molecule has 0 aliphatic carbocycles. The van der Waals surface area contributed by atoms with E-state index >= 15 is 0 Å². The molecule has 3 N–H and O–H groups in total. The average Bonchev–Trinajstić information content (AvgIpc) is 2.74. The summed E-state index contributed by atoms with van der Waals surface area (Å²) in [6, 6.07) is 9.57. The molecule has 94 valence electrons. The molecular formula is C13H13BrN2OS. The van der Waals surface area contributed by atoms with Crippen LogP contribution < -0.4 is 10.5 Å². The third-order valence-corrected chi connectivity index (χ3v) is 4.10. The summed E-state index contributed by atoms with van der Waals surface area (Å²) in [7, 11) is 0. The minimum absolute atomic E-state index is 0.0544. The van der Waals surface area contributed by atoms with Crippen LogP contribution in [0, 0.1) is 12.3 Å². The second-order valence-electron chi connectivity index (χ2n) is 3.89. The number of thiophene rings is 1. The van der Waals surface area contributed by atoms with Gasteiger partial charge in [0.25, 0.3) is 0 Å². The Hall–Kier alpha value is -1.33. The van der Waals surface area contributed by atoms with Crippen LogP contribution in [0.1, 0.15) is 16.0 Å². The summed E-state index contributed by atoms with van der Waals surface area (Å²) in [6.45, 7) is 2.50. The lowest BCUT2D eigenvalue weighted by molar-refractivity contribution is 0.307. The van der Waals surface area contributed by atoms with Crippen LogP contribution in [0.2, 0.25) is 0 Å². The van der Waals surface area contributed by atoms with E-state index in [0.29, 0.717) is 12.2 Å². The molecule has 0 fully saturated rings. The second kappa shape index (κ2) is 5.54. The third-order valence-electron chi connectivity index (χ3n) is 2.50. The highest BCUT2D eigenvalue weighted by atomic mass is 79.9. The van der Waals surface area contributed by atoms with Gasteiger partial charge in [0.15, 0.2) is 0 Å². The molecule has 0 bridgehead atoms. The lowest BCUT2D eigenvalue weighted by atomic mass is 10.1. The average molecular weight is 325 g/mol. The summed E-state index contributed by atoms with van der Waals surface area (Å²) >= 11 is 5.07. The topological polar surface area (TPSA) is 59.1 Å². The normalized spacial score (nSPS) is 10.3. The molecule has 0 unspecified atom stereocenters. The molecular weight excluding hydrogens is 312 g/mol. The van der Waals surface area contributed by atoms with Gasteiger partial charge < -0.3 is 10.5 Å². The van der Waals surface area contributed by atoms with E-state index in [9.17, 15) is 0 Å². The van der Waals surface area contributed by atoms with E-state index in [1.54, 1.807) is 17.4 Å². The van der Waals surface area contributed by atoms with E-state index in [4.69, 9.17) is 15.9 Å². The number of benzene rings is 1. The molecule has 0 radical (unpaired) electrons. The Morgan fingerprint density at radius 3 is 2.78 bits per heavy atom. The van der Waals surface area contributed by atoms with Crippen molar-refractivity contribution in [1.29, 1.82) is 5.41 Å². The molecule has 1 aromatic carbocycles. The van der Waals surface area contributed by atoms with Gasteiger partial charge in [0.05, 0.1) is 3.79 Å². The maximum atomic E-state index is 7.42. The first-order valence-corrected chi connectivity index (χ1v) is 6.99.